The molecule has 5 atom stereocenters. The molecular weight excluding hydrogens is 318 g/mol. The highest BCUT2D eigenvalue weighted by atomic mass is 16.6. The molecule has 0 amide bonds. The van der Waals surface area contributed by atoms with E-state index in [1.807, 2.05) is 0 Å². The van der Waals surface area contributed by atoms with E-state index in [2.05, 4.69) is 0 Å². The maximum atomic E-state index is 13.1. The topological polar surface area (TPSA) is 113 Å². The molecule has 2 saturated carbocycles. The van der Waals surface area contributed by atoms with Crippen LogP contribution in [0.1, 0.15) is 46.0 Å². The second kappa shape index (κ2) is 5.53. The molecule has 1 aliphatic heterocycles. The minimum Gasteiger partial charge on any atom is -0.466 e. The molecule has 3 rings (SSSR count). The van der Waals surface area contributed by atoms with Gasteiger partial charge in [0.2, 0.25) is 6.04 Å². The van der Waals surface area contributed by atoms with Crippen LogP contribution in [0.5, 0.6) is 0 Å². The van der Waals surface area contributed by atoms with E-state index in [-0.39, 0.29) is 43.0 Å². The van der Waals surface area contributed by atoms with Gasteiger partial charge in [-0.25, -0.2) is 0 Å². The number of ketones is 1. The summed E-state index contributed by atoms with van der Waals surface area (Å²) >= 11 is 0. The quantitative estimate of drug-likeness (QED) is 0.328. The van der Waals surface area contributed by atoms with Gasteiger partial charge in [0.1, 0.15) is 11.0 Å². The Bertz CT molecular complexity index is 618. The predicted molar refractivity (Wildman–Crippen MR) is 79.4 cm³/mol. The highest BCUT2D eigenvalue weighted by Crippen LogP contribution is 2.57. The van der Waals surface area contributed by atoms with Gasteiger partial charge in [-0.05, 0) is 33.1 Å². The lowest BCUT2D eigenvalue weighted by Crippen LogP contribution is -2.68. The van der Waals surface area contributed by atoms with E-state index in [4.69, 9.17) is 9.47 Å². The molecular formula is C16H21NO7. The molecule has 132 valence electrons. The summed E-state index contributed by atoms with van der Waals surface area (Å²) in [6.45, 7) is 3.48. The number of esters is 2. The fourth-order valence-corrected chi connectivity index (χ4v) is 4.74. The third kappa shape index (κ3) is 2.22. The first-order valence-electron chi connectivity index (χ1n) is 8.32. The zero-order valence-electron chi connectivity index (χ0n) is 13.8. The Morgan fingerprint density at radius 2 is 2.08 bits per heavy atom. The largest absolute Gasteiger partial charge is 0.466 e. The predicted octanol–water partition coefficient (Wildman–Crippen LogP) is 1.28. The molecule has 2 bridgehead atoms. The smallest absolute Gasteiger partial charge is 0.320 e. The van der Waals surface area contributed by atoms with Gasteiger partial charge in [-0.3, -0.25) is 24.5 Å². The summed E-state index contributed by atoms with van der Waals surface area (Å²) in [6, 6.07) is -0.801. The molecule has 0 aromatic rings. The SMILES string of the molecule is CCOC(=O)C[C@@]12CC[C@H]3[C@@H]([N+](=O)[O-])CC[C@@](C)(OC1=O)[C@H]3C2=O. The molecule has 8 nitrogen and oxygen atoms in total. The van der Waals surface area contributed by atoms with Crippen molar-refractivity contribution in [3.8, 4) is 0 Å². The second-order valence-electron chi connectivity index (χ2n) is 7.20. The lowest BCUT2D eigenvalue weighted by molar-refractivity contribution is -0.541. The number of fused-ring (bicyclic) bond motifs is 1. The normalized spacial score (nSPS) is 40.7. The molecule has 0 aromatic heterocycles. The van der Waals surface area contributed by atoms with Crippen LogP contribution in [0.15, 0.2) is 0 Å². The Labute approximate surface area is 139 Å². The number of carbonyl (C=O) groups excluding carboxylic acids is 3. The summed E-state index contributed by atoms with van der Waals surface area (Å²) in [5.41, 5.74) is -2.55. The molecule has 1 heterocycles. The number of hydrogen-bond acceptors (Lipinski definition) is 7. The molecule has 8 heteroatoms. The first-order valence-corrected chi connectivity index (χ1v) is 8.32. The van der Waals surface area contributed by atoms with Crippen LogP contribution >= 0.6 is 0 Å². The fraction of sp³-hybridized carbons (Fsp3) is 0.812. The summed E-state index contributed by atoms with van der Waals surface area (Å²) < 4.78 is 10.5. The molecule has 0 unspecified atom stereocenters. The van der Waals surface area contributed by atoms with Crippen molar-refractivity contribution in [1.82, 2.24) is 0 Å². The van der Waals surface area contributed by atoms with E-state index in [9.17, 15) is 24.5 Å². The van der Waals surface area contributed by atoms with E-state index < -0.39 is 40.8 Å². The van der Waals surface area contributed by atoms with Crippen LogP contribution in [0.2, 0.25) is 0 Å². The summed E-state index contributed by atoms with van der Waals surface area (Å²) in [6.07, 6.45) is 0.695. The van der Waals surface area contributed by atoms with Gasteiger partial charge in [0.15, 0.2) is 5.78 Å². The van der Waals surface area contributed by atoms with Crippen LogP contribution in [-0.4, -0.2) is 40.9 Å². The van der Waals surface area contributed by atoms with Crippen LogP contribution in [0.25, 0.3) is 0 Å². The lowest BCUT2D eigenvalue weighted by Gasteiger charge is -2.55. The summed E-state index contributed by atoms with van der Waals surface area (Å²) in [4.78, 5) is 48.7. The number of nitro groups is 1. The summed E-state index contributed by atoms with van der Waals surface area (Å²) in [5, 5.41) is 11.3. The molecule has 24 heavy (non-hydrogen) atoms. The monoisotopic (exact) mass is 339 g/mol. The fourth-order valence-electron chi connectivity index (χ4n) is 4.74. The van der Waals surface area contributed by atoms with Gasteiger partial charge in [-0.2, -0.15) is 0 Å². The minimum atomic E-state index is -1.54. The van der Waals surface area contributed by atoms with Gasteiger partial charge < -0.3 is 9.47 Å². The number of rotatable bonds is 4. The van der Waals surface area contributed by atoms with Crippen molar-refractivity contribution in [1.29, 1.82) is 0 Å². The highest BCUT2D eigenvalue weighted by Gasteiger charge is 2.69. The first kappa shape index (κ1) is 16.9. The van der Waals surface area contributed by atoms with Crippen molar-refractivity contribution in [2.45, 2.75) is 57.6 Å². The van der Waals surface area contributed by atoms with E-state index in [1.54, 1.807) is 13.8 Å². The number of carbonyl (C=O) groups is 3. The van der Waals surface area contributed by atoms with Crippen LogP contribution in [-0.2, 0) is 23.9 Å². The Balaban J connectivity index is 1.97. The lowest BCUT2D eigenvalue weighted by atomic mass is 9.52. The maximum absolute atomic E-state index is 13.1. The third-order valence-electron chi connectivity index (χ3n) is 5.91. The zero-order valence-corrected chi connectivity index (χ0v) is 13.8. The van der Waals surface area contributed by atoms with Crippen LogP contribution in [0.4, 0.5) is 0 Å². The van der Waals surface area contributed by atoms with Crippen LogP contribution < -0.4 is 0 Å². The average Bonchev–Trinajstić information content (AvgIpc) is 2.48. The molecule has 3 aliphatic rings. The Hall–Kier alpha value is -1.99. The van der Waals surface area contributed by atoms with Gasteiger partial charge >= 0.3 is 11.9 Å². The van der Waals surface area contributed by atoms with Gasteiger partial charge in [0, 0.05) is 17.3 Å². The Morgan fingerprint density at radius 3 is 2.71 bits per heavy atom. The highest BCUT2D eigenvalue weighted by molar-refractivity contribution is 6.10. The standard InChI is InChI=1S/C16H21NO7/c1-3-23-11(18)8-16-7-4-9-10(17(21)22)5-6-15(2,24-14(16)20)12(9)13(16)19/h9-10,12H,3-8H2,1-2H3/t9-,10-,12+,15+,16+/m0/s1. The number of Topliss-reactive ketones (excluding diaryl/α,β-unsaturated/α-hetero) is 1. The molecule has 0 spiro atoms. The second-order valence-corrected chi connectivity index (χ2v) is 7.20. The molecule has 0 aromatic carbocycles. The van der Waals surface area contributed by atoms with Gasteiger partial charge in [0.25, 0.3) is 0 Å². The van der Waals surface area contributed by atoms with Crippen molar-refractivity contribution in [2.75, 3.05) is 6.61 Å². The Morgan fingerprint density at radius 1 is 1.38 bits per heavy atom. The number of nitrogens with zero attached hydrogens (tertiary/aromatic N) is 1. The third-order valence-corrected chi connectivity index (χ3v) is 5.91. The van der Waals surface area contributed by atoms with Crippen molar-refractivity contribution in [2.24, 2.45) is 17.3 Å². The van der Waals surface area contributed by atoms with Gasteiger partial charge in [-0.15, -0.1) is 0 Å². The van der Waals surface area contributed by atoms with Crippen molar-refractivity contribution < 1.29 is 28.8 Å². The van der Waals surface area contributed by atoms with E-state index in [1.165, 1.54) is 0 Å². The van der Waals surface area contributed by atoms with Crippen LogP contribution in [0.3, 0.4) is 0 Å². The van der Waals surface area contributed by atoms with Crippen molar-refractivity contribution in [3.05, 3.63) is 10.1 Å². The maximum Gasteiger partial charge on any atom is 0.320 e. The van der Waals surface area contributed by atoms with Crippen LogP contribution in [0, 0.1) is 27.4 Å². The van der Waals surface area contributed by atoms with Gasteiger partial charge in [0.05, 0.1) is 18.9 Å². The van der Waals surface area contributed by atoms with Gasteiger partial charge in [-0.1, -0.05) is 0 Å². The molecule has 1 saturated heterocycles. The molecule has 3 fully saturated rings. The Kier molecular flexibility index (Phi) is 3.88. The zero-order chi connectivity index (χ0) is 17.7. The van der Waals surface area contributed by atoms with E-state index in [0.717, 1.165) is 0 Å². The number of ether oxygens (including phenoxy) is 2. The van der Waals surface area contributed by atoms with Crippen molar-refractivity contribution in [3.63, 3.8) is 0 Å². The molecule has 2 aliphatic carbocycles. The van der Waals surface area contributed by atoms with Crippen molar-refractivity contribution >= 4 is 17.7 Å². The number of hydrogen-bond donors (Lipinski definition) is 0. The first-order chi connectivity index (χ1) is 11.2. The summed E-state index contributed by atoms with van der Waals surface area (Å²) in [7, 11) is 0. The van der Waals surface area contributed by atoms with E-state index >= 15 is 0 Å². The molecule has 0 N–H and O–H groups in total. The van der Waals surface area contributed by atoms with E-state index in [0.29, 0.717) is 6.42 Å². The minimum absolute atomic E-state index is 0.102. The average molecular weight is 339 g/mol. The molecule has 0 radical (unpaired) electrons. The summed E-state index contributed by atoms with van der Waals surface area (Å²) in [5.74, 6) is -2.85.